The molecule has 204 valence electrons. The summed E-state index contributed by atoms with van der Waals surface area (Å²) in [6.07, 6.45) is 2.77. The van der Waals surface area contributed by atoms with Gasteiger partial charge in [0.25, 0.3) is 5.56 Å². The Kier molecular flexibility index (Phi) is 12.4. The van der Waals surface area contributed by atoms with Crippen LogP contribution in [0.3, 0.4) is 0 Å². The number of aromatic nitrogens is 1. The third-order valence-corrected chi connectivity index (χ3v) is 6.00. The van der Waals surface area contributed by atoms with Crippen LogP contribution < -0.4 is 21.5 Å². The molecule has 0 aliphatic heterocycles. The monoisotopic (exact) mass is 525 g/mol. The first-order valence-electron chi connectivity index (χ1n) is 12.5. The minimum absolute atomic E-state index is 0.0246. The zero-order valence-electron chi connectivity index (χ0n) is 21.7. The van der Waals surface area contributed by atoms with Gasteiger partial charge in [0.05, 0.1) is 6.21 Å². The Balaban J connectivity index is 2.06. The van der Waals surface area contributed by atoms with Gasteiger partial charge >= 0.3 is 6.09 Å². The lowest BCUT2D eigenvalue weighted by molar-refractivity contribution is -0.122. The summed E-state index contributed by atoms with van der Waals surface area (Å²) >= 11 is 0. The molecule has 0 fully saturated rings. The number of hydrogen-bond acceptors (Lipinski definition) is 7. The van der Waals surface area contributed by atoms with Crippen LogP contribution in [0.5, 0.6) is 0 Å². The van der Waals surface area contributed by atoms with Crippen molar-refractivity contribution >= 4 is 35.6 Å². The molecule has 1 atom stereocenters. The highest BCUT2D eigenvalue weighted by molar-refractivity contribution is 6.26. The van der Waals surface area contributed by atoms with Crippen LogP contribution in [0, 0.1) is 11.3 Å². The molecule has 0 radical (unpaired) electrons. The van der Waals surface area contributed by atoms with Gasteiger partial charge < -0.3 is 30.7 Å². The number of alkyl carbamates (subject to hydrolysis) is 1. The van der Waals surface area contributed by atoms with Crippen molar-refractivity contribution in [3.05, 3.63) is 64.6 Å². The minimum atomic E-state index is -1.21. The molecule has 1 aromatic carbocycles. The lowest BCUT2D eigenvalue weighted by Crippen LogP contribution is -2.45. The SMILES string of the molecule is CCC(CC)CNC(=O)Cn1cccc(NC(=O)[C@H](CCC(=O)C=N)NC(=O)OCc2ccccc2)c1=O. The molecule has 4 N–H and O–H groups in total. The van der Waals surface area contributed by atoms with E-state index in [1.165, 1.54) is 22.9 Å². The molecule has 0 bridgehead atoms. The number of ketones is 1. The van der Waals surface area contributed by atoms with Crippen molar-refractivity contribution in [3.63, 3.8) is 0 Å². The molecular weight excluding hydrogens is 490 g/mol. The summed E-state index contributed by atoms with van der Waals surface area (Å²) < 4.78 is 6.34. The molecule has 2 rings (SSSR count). The molecule has 0 saturated heterocycles. The summed E-state index contributed by atoms with van der Waals surface area (Å²) in [6, 6.07) is 10.6. The van der Waals surface area contributed by atoms with Gasteiger partial charge in [0.1, 0.15) is 24.9 Å². The van der Waals surface area contributed by atoms with Crippen LogP contribution in [0.1, 0.15) is 45.1 Å². The van der Waals surface area contributed by atoms with Gasteiger partial charge in [0, 0.05) is 19.2 Å². The Labute approximate surface area is 221 Å². The second-order valence-electron chi connectivity index (χ2n) is 8.74. The van der Waals surface area contributed by atoms with Crippen molar-refractivity contribution in [1.82, 2.24) is 15.2 Å². The number of Topliss-reactive ketones (excluding diaryl/α,β-unsaturated/α-hetero) is 1. The van der Waals surface area contributed by atoms with Crippen LogP contribution in [0.2, 0.25) is 0 Å². The molecule has 11 heteroatoms. The first-order chi connectivity index (χ1) is 18.3. The number of amides is 3. The Morgan fingerprint density at radius 1 is 1.05 bits per heavy atom. The first-order valence-corrected chi connectivity index (χ1v) is 12.5. The van der Waals surface area contributed by atoms with E-state index in [2.05, 4.69) is 16.0 Å². The zero-order valence-corrected chi connectivity index (χ0v) is 21.7. The van der Waals surface area contributed by atoms with E-state index in [-0.39, 0.29) is 37.6 Å². The molecule has 0 spiro atoms. The highest BCUT2D eigenvalue weighted by Gasteiger charge is 2.23. The summed E-state index contributed by atoms with van der Waals surface area (Å²) in [7, 11) is 0. The Bertz CT molecular complexity index is 1160. The maximum absolute atomic E-state index is 13.0. The highest BCUT2D eigenvalue weighted by Crippen LogP contribution is 2.07. The van der Waals surface area contributed by atoms with E-state index in [0.29, 0.717) is 18.7 Å². The number of pyridine rings is 1. The van der Waals surface area contributed by atoms with Crippen molar-refractivity contribution in [2.45, 2.75) is 58.7 Å². The fourth-order valence-corrected chi connectivity index (χ4v) is 3.56. The van der Waals surface area contributed by atoms with Crippen molar-refractivity contribution < 1.29 is 23.9 Å². The molecule has 38 heavy (non-hydrogen) atoms. The number of hydrogen-bond donors (Lipinski definition) is 4. The van der Waals surface area contributed by atoms with Gasteiger partial charge in [-0.3, -0.25) is 19.2 Å². The summed E-state index contributed by atoms with van der Waals surface area (Å²) in [5, 5.41) is 14.8. The van der Waals surface area contributed by atoms with E-state index in [1.807, 2.05) is 19.9 Å². The molecule has 3 amide bonds. The molecular formula is C27H35N5O6. The molecule has 0 aliphatic rings. The average Bonchev–Trinajstić information content (AvgIpc) is 2.92. The first kappa shape index (κ1) is 29.9. The summed E-state index contributed by atoms with van der Waals surface area (Å²) in [5.74, 6) is -1.24. The van der Waals surface area contributed by atoms with E-state index in [1.54, 1.807) is 24.3 Å². The average molecular weight is 526 g/mol. The van der Waals surface area contributed by atoms with Gasteiger partial charge in [-0.05, 0) is 30.0 Å². The smallest absolute Gasteiger partial charge is 0.408 e. The molecule has 2 aromatic rings. The number of nitrogens with zero attached hydrogens (tertiary/aromatic N) is 1. The van der Waals surface area contributed by atoms with Gasteiger partial charge in [-0.25, -0.2) is 4.79 Å². The van der Waals surface area contributed by atoms with Crippen LogP contribution >= 0.6 is 0 Å². The van der Waals surface area contributed by atoms with Crippen molar-refractivity contribution in [1.29, 1.82) is 5.41 Å². The maximum atomic E-state index is 13.0. The summed E-state index contributed by atoms with van der Waals surface area (Å²) in [4.78, 5) is 62.1. The number of anilines is 1. The third kappa shape index (κ3) is 10.00. The predicted octanol–water partition coefficient (Wildman–Crippen LogP) is 2.63. The number of rotatable bonds is 15. The molecule has 11 nitrogen and oxygen atoms in total. The van der Waals surface area contributed by atoms with Gasteiger partial charge in [0.2, 0.25) is 11.8 Å². The van der Waals surface area contributed by atoms with Crippen LogP contribution in [0.4, 0.5) is 10.5 Å². The largest absolute Gasteiger partial charge is 0.445 e. The fourth-order valence-electron chi connectivity index (χ4n) is 3.56. The minimum Gasteiger partial charge on any atom is -0.445 e. The predicted molar refractivity (Wildman–Crippen MR) is 143 cm³/mol. The number of carbonyl (C=O) groups excluding carboxylic acids is 4. The molecule has 1 aromatic heterocycles. The Morgan fingerprint density at radius 2 is 1.76 bits per heavy atom. The van der Waals surface area contributed by atoms with Crippen LogP contribution in [-0.4, -0.2) is 47.1 Å². The lowest BCUT2D eigenvalue weighted by atomic mass is 10.0. The molecule has 1 heterocycles. The van der Waals surface area contributed by atoms with Gasteiger partial charge in [-0.1, -0.05) is 57.0 Å². The highest BCUT2D eigenvalue weighted by atomic mass is 16.5. The maximum Gasteiger partial charge on any atom is 0.408 e. The van der Waals surface area contributed by atoms with Gasteiger partial charge in [0.15, 0.2) is 5.78 Å². The summed E-state index contributed by atoms with van der Waals surface area (Å²) in [6.45, 7) is 4.36. The summed E-state index contributed by atoms with van der Waals surface area (Å²) in [5.41, 5.74) is 0.0593. The fraction of sp³-hybridized carbons (Fsp3) is 0.407. The van der Waals surface area contributed by atoms with E-state index in [9.17, 15) is 24.0 Å². The van der Waals surface area contributed by atoms with E-state index >= 15 is 0 Å². The second-order valence-corrected chi connectivity index (χ2v) is 8.74. The Morgan fingerprint density at radius 3 is 2.42 bits per heavy atom. The van der Waals surface area contributed by atoms with E-state index in [4.69, 9.17) is 10.1 Å². The lowest BCUT2D eigenvalue weighted by Gasteiger charge is -2.18. The van der Waals surface area contributed by atoms with Crippen molar-refractivity contribution in [2.24, 2.45) is 5.92 Å². The number of nitrogens with one attached hydrogen (secondary N) is 4. The van der Waals surface area contributed by atoms with Crippen molar-refractivity contribution in [2.75, 3.05) is 11.9 Å². The van der Waals surface area contributed by atoms with E-state index < -0.39 is 29.4 Å². The second kappa shape index (κ2) is 15.7. The van der Waals surface area contributed by atoms with Gasteiger partial charge in [-0.2, -0.15) is 0 Å². The standard InChI is InChI=1S/C27H35N5O6/c1-3-19(4-2)16-29-24(34)17-32-14-8-11-23(26(32)36)30-25(35)22(13-12-21(33)15-28)31-27(37)38-18-20-9-6-5-7-10-20/h5-11,14-15,19,22,28H,3-4,12-13,16-18H2,1-2H3,(H,29,34)(H,30,35)(H,31,37)/t22-/m0/s1. The quantitative estimate of drug-likeness (QED) is 0.262. The van der Waals surface area contributed by atoms with Crippen LogP contribution in [0.25, 0.3) is 0 Å². The third-order valence-electron chi connectivity index (χ3n) is 6.00. The van der Waals surface area contributed by atoms with Crippen molar-refractivity contribution in [3.8, 4) is 0 Å². The molecule has 0 unspecified atom stereocenters. The Hall–Kier alpha value is -4.28. The van der Waals surface area contributed by atoms with Crippen LogP contribution in [0.15, 0.2) is 53.5 Å². The van der Waals surface area contributed by atoms with E-state index in [0.717, 1.165) is 18.4 Å². The molecule has 0 aliphatic carbocycles. The van der Waals surface area contributed by atoms with Gasteiger partial charge in [-0.15, -0.1) is 0 Å². The normalized spacial score (nSPS) is 11.3. The topological polar surface area (TPSA) is 159 Å². The molecule has 0 saturated carbocycles. The van der Waals surface area contributed by atoms with Crippen LogP contribution in [-0.2, 0) is 32.3 Å². The zero-order chi connectivity index (χ0) is 27.9. The number of carbonyl (C=O) groups is 4. The number of ether oxygens (including phenoxy) is 1. The number of benzene rings is 1.